The molecule has 0 aromatic heterocycles. The van der Waals surface area contributed by atoms with E-state index in [9.17, 15) is 4.79 Å². The van der Waals surface area contributed by atoms with Gasteiger partial charge in [-0.25, -0.2) is 4.79 Å². The number of carbonyl (C=O) groups excluding carboxylic acids is 1. The van der Waals surface area contributed by atoms with Crippen LogP contribution in [0.5, 0.6) is 0 Å². The molecular formula is C8H9Cl3O2. The number of esters is 1. The Morgan fingerprint density at radius 2 is 1.85 bits per heavy atom. The fraction of sp³-hybridized carbons (Fsp3) is 0.125. The minimum absolute atomic E-state index is 0. The molecule has 0 saturated carbocycles. The lowest BCUT2D eigenvalue weighted by Crippen LogP contribution is -2.01. The van der Waals surface area contributed by atoms with E-state index in [-0.39, 0.29) is 24.8 Å². The Hall–Kier alpha value is -0.440. The topological polar surface area (TPSA) is 26.3 Å². The highest BCUT2D eigenvalue weighted by molar-refractivity contribution is 6.33. The lowest BCUT2D eigenvalue weighted by atomic mass is 10.2. The molecule has 0 fully saturated rings. The highest BCUT2D eigenvalue weighted by atomic mass is 35.5. The van der Waals surface area contributed by atoms with Gasteiger partial charge in [0, 0.05) is 0 Å². The van der Waals surface area contributed by atoms with Crippen molar-refractivity contribution >= 4 is 42.4 Å². The van der Waals surface area contributed by atoms with E-state index < -0.39 is 5.97 Å². The predicted octanol–water partition coefficient (Wildman–Crippen LogP) is 2.97. The van der Waals surface area contributed by atoms with Gasteiger partial charge in [0.25, 0.3) is 0 Å². The Morgan fingerprint density at radius 3 is 2.31 bits per heavy atom. The molecule has 0 bridgehead atoms. The first-order valence-electron chi connectivity index (χ1n) is 3.08. The molecule has 1 aromatic carbocycles. The molecule has 0 radical (unpaired) electrons. The van der Waals surface area contributed by atoms with Crippen molar-refractivity contribution in [2.75, 3.05) is 7.11 Å². The Labute approximate surface area is 94.0 Å². The first-order chi connectivity index (χ1) is 5.25. The van der Waals surface area contributed by atoms with Gasteiger partial charge in [0.15, 0.2) is 0 Å². The molecule has 0 amide bonds. The summed E-state index contributed by atoms with van der Waals surface area (Å²) >= 11 is 5.70. The summed E-state index contributed by atoms with van der Waals surface area (Å²) in [5.74, 6) is -0.407. The van der Waals surface area contributed by atoms with E-state index in [2.05, 4.69) is 4.74 Å². The lowest BCUT2D eigenvalue weighted by molar-refractivity contribution is 0.0601. The number of rotatable bonds is 1. The smallest absolute Gasteiger partial charge is 0.339 e. The van der Waals surface area contributed by atoms with Gasteiger partial charge in [-0.2, -0.15) is 0 Å². The lowest BCUT2D eigenvalue weighted by Gasteiger charge is -1.99. The van der Waals surface area contributed by atoms with Crippen molar-refractivity contribution in [2.45, 2.75) is 0 Å². The third-order valence-corrected chi connectivity index (χ3v) is 1.61. The number of carbonyl (C=O) groups is 1. The van der Waals surface area contributed by atoms with E-state index in [1.165, 1.54) is 7.11 Å². The molecule has 0 spiro atoms. The Bertz CT molecular complexity index is 276. The normalized spacial score (nSPS) is 7.85. The zero-order valence-electron chi connectivity index (χ0n) is 6.82. The summed E-state index contributed by atoms with van der Waals surface area (Å²) in [5, 5.41) is 0.416. The zero-order chi connectivity index (χ0) is 8.27. The summed E-state index contributed by atoms with van der Waals surface area (Å²) in [6, 6.07) is 6.76. The number of methoxy groups -OCH3 is 1. The quantitative estimate of drug-likeness (QED) is 0.709. The number of benzene rings is 1. The van der Waals surface area contributed by atoms with Gasteiger partial charge in [-0.05, 0) is 12.1 Å². The highest BCUT2D eigenvalue weighted by Gasteiger charge is 2.07. The maximum atomic E-state index is 10.9. The Kier molecular flexibility index (Phi) is 8.12. The van der Waals surface area contributed by atoms with Crippen molar-refractivity contribution < 1.29 is 9.53 Å². The van der Waals surface area contributed by atoms with Crippen LogP contribution in [-0.2, 0) is 4.74 Å². The van der Waals surface area contributed by atoms with E-state index in [0.29, 0.717) is 10.6 Å². The van der Waals surface area contributed by atoms with Crippen LogP contribution in [0.25, 0.3) is 0 Å². The van der Waals surface area contributed by atoms with Crippen molar-refractivity contribution in [1.82, 2.24) is 0 Å². The molecule has 0 saturated heterocycles. The van der Waals surface area contributed by atoms with E-state index >= 15 is 0 Å². The maximum absolute atomic E-state index is 10.9. The fourth-order valence-corrected chi connectivity index (χ4v) is 0.950. The predicted molar refractivity (Wildman–Crippen MR) is 57.3 cm³/mol. The first kappa shape index (κ1) is 15.1. The van der Waals surface area contributed by atoms with Crippen LogP contribution in [0.15, 0.2) is 24.3 Å². The van der Waals surface area contributed by atoms with Gasteiger partial charge in [0.2, 0.25) is 0 Å². The van der Waals surface area contributed by atoms with E-state index in [0.717, 1.165) is 0 Å². The molecule has 1 rings (SSSR count). The van der Waals surface area contributed by atoms with Gasteiger partial charge < -0.3 is 4.74 Å². The average Bonchev–Trinajstić information content (AvgIpc) is 2.04. The monoisotopic (exact) mass is 242 g/mol. The molecule has 0 unspecified atom stereocenters. The van der Waals surface area contributed by atoms with Crippen molar-refractivity contribution in [3.8, 4) is 0 Å². The molecule has 0 aliphatic heterocycles. The third-order valence-electron chi connectivity index (χ3n) is 1.28. The first-order valence-corrected chi connectivity index (χ1v) is 3.46. The summed E-state index contributed by atoms with van der Waals surface area (Å²) in [6.45, 7) is 0. The van der Waals surface area contributed by atoms with Gasteiger partial charge in [-0.15, -0.1) is 24.8 Å². The van der Waals surface area contributed by atoms with Crippen LogP contribution in [0.3, 0.4) is 0 Å². The second-order valence-electron chi connectivity index (χ2n) is 1.97. The number of ether oxygens (including phenoxy) is 1. The molecule has 0 atom stereocenters. The second kappa shape index (κ2) is 7.01. The van der Waals surface area contributed by atoms with Crippen molar-refractivity contribution in [1.29, 1.82) is 0 Å². The molecule has 2 nitrogen and oxygen atoms in total. The van der Waals surface area contributed by atoms with Crippen LogP contribution in [0.2, 0.25) is 5.02 Å². The third kappa shape index (κ3) is 3.85. The molecule has 1 aromatic rings. The van der Waals surface area contributed by atoms with Gasteiger partial charge in [0.05, 0.1) is 17.7 Å². The van der Waals surface area contributed by atoms with Gasteiger partial charge in [0.1, 0.15) is 0 Å². The largest absolute Gasteiger partial charge is 0.465 e. The molecule has 0 aliphatic carbocycles. The van der Waals surface area contributed by atoms with Gasteiger partial charge in [-0.3, -0.25) is 0 Å². The van der Waals surface area contributed by atoms with Crippen LogP contribution >= 0.6 is 36.4 Å². The molecule has 0 aliphatic rings. The van der Waals surface area contributed by atoms with Crippen LogP contribution in [0.4, 0.5) is 0 Å². The summed E-state index contributed by atoms with van der Waals surface area (Å²) < 4.78 is 4.49. The van der Waals surface area contributed by atoms with E-state index in [4.69, 9.17) is 11.6 Å². The van der Waals surface area contributed by atoms with Gasteiger partial charge in [-0.1, -0.05) is 23.7 Å². The minimum atomic E-state index is -0.407. The van der Waals surface area contributed by atoms with Crippen LogP contribution in [0, 0.1) is 0 Å². The highest BCUT2D eigenvalue weighted by Crippen LogP contribution is 2.15. The maximum Gasteiger partial charge on any atom is 0.339 e. The zero-order valence-corrected chi connectivity index (χ0v) is 9.21. The molecule has 0 heterocycles. The SMILES string of the molecule is COC(=O)c1ccccc1Cl.Cl.Cl. The van der Waals surface area contributed by atoms with Crippen LogP contribution in [0.1, 0.15) is 10.4 Å². The molecule has 74 valence electrons. The van der Waals surface area contributed by atoms with Crippen LogP contribution in [-0.4, -0.2) is 13.1 Å². The second-order valence-corrected chi connectivity index (χ2v) is 2.38. The Balaban J connectivity index is 0. The average molecular weight is 244 g/mol. The number of halogens is 3. The van der Waals surface area contributed by atoms with Crippen LogP contribution < -0.4 is 0 Å². The number of hydrogen-bond acceptors (Lipinski definition) is 2. The van der Waals surface area contributed by atoms with Crippen molar-refractivity contribution in [2.24, 2.45) is 0 Å². The summed E-state index contributed by atoms with van der Waals surface area (Å²) in [4.78, 5) is 10.9. The molecule has 13 heavy (non-hydrogen) atoms. The standard InChI is InChI=1S/C8H7ClO2.2ClH/c1-11-8(10)6-4-2-3-5-7(6)9;;/h2-5H,1H3;2*1H. The van der Waals surface area contributed by atoms with Gasteiger partial charge >= 0.3 is 5.97 Å². The minimum Gasteiger partial charge on any atom is -0.465 e. The summed E-state index contributed by atoms with van der Waals surface area (Å²) in [7, 11) is 1.33. The van der Waals surface area contributed by atoms with E-state index in [1.54, 1.807) is 24.3 Å². The van der Waals surface area contributed by atoms with Crippen molar-refractivity contribution in [3.63, 3.8) is 0 Å². The Morgan fingerprint density at radius 1 is 1.31 bits per heavy atom. The van der Waals surface area contributed by atoms with Crippen molar-refractivity contribution in [3.05, 3.63) is 34.9 Å². The molecule has 5 heteroatoms. The summed E-state index contributed by atoms with van der Waals surface area (Å²) in [6.07, 6.45) is 0. The number of hydrogen-bond donors (Lipinski definition) is 0. The van der Waals surface area contributed by atoms with E-state index in [1.807, 2.05) is 0 Å². The molecule has 0 N–H and O–H groups in total. The summed E-state index contributed by atoms with van der Waals surface area (Å²) in [5.41, 5.74) is 0.400. The fourth-order valence-electron chi connectivity index (χ4n) is 0.737. The molecular weight excluding hydrogens is 234 g/mol.